The number of carbonyl (C=O) groups is 1. The molecule has 1 aliphatic heterocycles. The van der Waals surface area contributed by atoms with Gasteiger partial charge in [-0.25, -0.2) is 8.42 Å². The number of nitrogens with one attached hydrogen (secondary N) is 1. The van der Waals surface area contributed by atoms with E-state index in [1.807, 2.05) is 38.1 Å². The van der Waals surface area contributed by atoms with Gasteiger partial charge in [0.25, 0.3) is 0 Å². The lowest BCUT2D eigenvalue weighted by atomic mass is 9.85. The Labute approximate surface area is 131 Å². The minimum atomic E-state index is -3.05. The highest BCUT2D eigenvalue weighted by Gasteiger charge is 2.31. The largest absolute Gasteiger partial charge is 0.481 e. The van der Waals surface area contributed by atoms with Gasteiger partial charge in [-0.2, -0.15) is 0 Å². The molecule has 1 saturated heterocycles. The van der Waals surface area contributed by atoms with Crippen LogP contribution in [0.25, 0.3) is 0 Å². The SMILES string of the molecule is CC(C)(CS(C)(=O)=O)c1ccc(C2CC(C(=O)O)CN2)cc1. The third-order valence-corrected chi connectivity index (χ3v) is 5.44. The molecule has 0 spiro atoms. The summed E-state index contributed by atoms with van der Waals surface area (Å²) in [5.74, 6) is -1.01. The second-order valence-corrected chi connectivity index (χ2v) is 8.95. The summed E-state index contributed by atoms with van der Waals surface area (Å²) in [5, 5.41) is 12.3. The maximum absolute atomic E-state index is 11.5. The fourth-order valence-electron chi connectivity index (χ4n) is 3.08. The molecular formula is C16H23NO4S. The minimum absolute atomic E-state index is 0.0492. The maximum Gasteiger partial charge on any atom is 0.307 e. The molecular weight excluding hydrogens is 302 g/mol. The van der Waals surface area contributed by atoms with E-state index in [9.17, 15) is 13.2 Å². The van der Waals surface area contributed by atoms with Gasteiger partial charge in [0, 0.05) is 24.3 Å². The molecule has 0 aliphatic carbocycles. The third kappa shape index (κ3) is 4.08. The van der Waals surface area contributed by atoms with Gasteiger partial charge in [0.1, 0.15) is 9.84 Å². The van der Waals surface area contributed by atoms with E-state index >= 15 is 0 Å². The molecule has 122 valence electrons. The minimum Gasteiger partial charge on any atom is -0.481 e. The number of hydrogen-bond donors (Lipinski definition) is 2. The number of benzene rings is 1. The first-order valence-electron chi connectivity index (χ1n) is 7.33. The maximum atomic E-state index is 11.5. The summed E-state index contributed by atoms with van der Waals surface area (Å²) in [6.07, 6.45) is 1.83. The molecule has 0 saturated carbocycles. The van der Waals surface area contributed by atoms with Gasteiger partial charge in [-0.05, 0) is 17.5 Å². The van der Waals surface area contributed by atoms with Crippen LogP contribution in [0.3, 0.4) is 0 Å². The summed E-state index contributed by atoms with van der Waals surface area (Å²) < 4.78 is 23.1. The summed E-state index contributed by atoms with van der Waals surface area (Å²) in [5.41, 5.74) is 1.57. The number of carboxylic acid groups (broad SMARTS) is 1. The van der Waals surface area contributed by atoms with Crippen LogP contribution < -0.4 is 5.32 Å². The van der Waals surface area contributed by atoms with Gasteiger partial charge < -0.3 is 10.4 Å². The lowest BCUT2D eigenvalue weighted by Gasteiger charge is -2.25. The Morgan fingerprint density at radius 3 is 2.36 bits per heavy atom. The van der Waals surface area contributed by atoms with E-state index in [1.165, 1.54) is 6.26 Å². The van der Waals surface area contributed by atoms with E-state index in [0.29, 0.717) is 13.0 Å². The number of carboxylic acids is 1. The van der Waals surface area contributed by atoms with Gasteiger partial charge in [0.2, 0.25) is 0 Å². The van der Waals surface area contributed by atoms with Crippen molar-refractivity contribution < 1.29 is 18.3 Å². The quantitative estimate of drug-likeness (QED) is 0.861. The molecule has 0 amide bonds. The molecule has 2 unspecified atom stereocenters. The average molecular weight is 325 g/mol. The van der Waals surface area contributed by atoms with Gasteiger partial charge in [-0.1, -0.05) is 38.1 Å². The molecule has 0 aromatic heterocycles. The Morgan fingerprint density at radius 2 is 1.91 bits per heavy atom. The molecule has 2 rings (SSSR count). The molecule has 22 heavy (non-hydrogen) atoms. The van der Waals surface area contributed by atoms with E-state index in [1.54, 1.807) is 0 Å². The van der Waals surface area contributed by atoms with Crippen molar-refractivity contribution in [3.8, 4) is 0 Å². The van der Waals surface area contributed by atoms with E-state index in [2.05, 4.69) is 5.32 Å². The fraction of sp³-hybridized carbons (Fsp3) is 0.562. The second-order valence-electron chi connectivity index (χ2n) is 6.81. The Hall–Kier alpha value is -1.40. The van der Waals surface area contributed by atoms with Crippen LogP contribution in [-0.4, -0.2) is 38.0 Å². The number of hydrogen-bond acceptors (Lipinski definition) is 4. The zero-order valence-corrected chi connectivity index (χ0v) is 14.0. The molecule has 6 heteroatoms. The van der Waals surface area contributed by atoms with Crippen LogP contribution in [0.1, 0.15) is 37.4 Å². The van der Waals surface area contributed by atoms with Crippen molar-refractivity contribution in [2.24, 2.45) is 5.92 Å². The lowest BCUT2D eigenvalue weighted by molar-refractivity contribution is -0.141. The molecule has 1 fully saturated rings. The monoisotopic (exact) mass is 325 g/mol. The lowest BCUT2D eigenvalue weighted by Crippen LogP contribution is -2.27. The number of sulfone groups is 1. The molecule has 2 atom stereocenters. The topological polar surface area (TPSA) is 83.5 Å². The Bertz CT molecular complexity index is 649. The first-order chi connectivity index (χ1) is 10.1. The van der Waals surface area contributed by atoms with Crippen molar-refractivity contribution in [1.82, 2.24) is 5.32 Å². The summed E-state index contributed by atoms with van der Waals surface area (Å²) >= 11 is 0. The molecule has 1 aromatic carbocycles. The van der Waals surface area contributed by atoms with Crippen molar-refractivity contribution in [2.45, 2.75) is 31.7 Å². The van der Waals surface area contributed by atoms with Crippen LogP contribution in [0.5, 0.6) is 0 Å². The van der Waals surface area contributed by atoms with Gasteiger partial charge in [-0.3, -0.25) is 4.79 Å². The average Bonchev–Trinajstić information content (AvgIpc) is 2.85. The van der Waals surface area contributed by atoms with E-state index in [4.69, 9.17) is 5.11 Å². The third-order valence-electron chi connectivity index (χ3n) is 4.20. The van der Waals surface area contributed by atoms with Gasteiger partial charge >= 0.3 is 5.97 Å². The second kappa shape index (κ2) is 6.01. The van der Waals surface area contributed by atoms with Crippen molar-refractivity contribution in [1.29, 1.82) is 0 Å². The van der Waals surface area contributed by atoms with Crippen LogP contribution >= 0.6 is 0 Å². The van der Waals surface area contributed by atoms with Gasteiger partial charge in [-0.15, -0.1) is 0 Å². The summed E-state index contributed by atoms with van der Waals surface area (Å²) in [4.78, 5) is 11.0. The Morgan fingerprint density at radius 1 is 1.32 bits per heavy atom. The van der Waals surface area contributed by atoms with Crippen LogP contribution in [0.15, 0.2) is 24.3 Å². The molecule has 0 radical (unpaired) electrons. The summed E-state index contributed by atoms with van der Waals surface area (Å²) in [7, 11) is -3.05. The fourth-order valence-corrected chi connectivity index (χ4v) is 4.56. The smallest absolute Gasteiger partial charge is 0.307 e. The predicted molar refractivity (Wildman–Crippen MR) is 85.7 cm³/mol. The number of aliphatic carboxylic acids is 1. The van der Waals surface area contributed by atoms with Crippen molar-refractivity contribution in [3.63, 3.8) is 0 Å². The highest BCUT2D eigenvalue weighted by atomic mass is 32.2. The first kappa shape index (κ1) is 17.0. The highest BCUT2D eigenvalue weighted by molar-refractivity contribution is 7.90. The van der Waals surface area contributed by atoms with Crippen LogP contribution in [-0.2, 0) is 20.0 Å². The molecule has 1 heterocycles. The van der Waals surface area contributed by atoms with Crippen molar-refractivity contribution in [3.05, 3.63) is 35.4 Å². The zero-order valence-electron chi connectivity index (χ0n) is 13.2. The van der Waals surface area contributed by atoms with Crippen LogP contribution in [0.4, 0.5) is 0 Å². The predicted octanol–water partition coefficient (Wildman–Crippen LogP) is 1.74. The Kier molecular flexibility index (Phi) is 4.63. The molecule has 1 aliphatic rings. The van der Waals surface area contributed by atoms with Crippen LogP contribution in [0.2, 0.25) is 0 Å². The summed E-state index contributed by atoms with van der Waals surface area (Å²) in [6, 6.07) is 7.85. The van der Waals surface area contributed by atoms with E-state index in [-0.39, 0.29) is 17.7 Å². The van der Waals surface area contributed by atoms with Gasteiger partial charge in [0.05, 0.1) is 11.7 Å². The van der Waals surface area contributed by atoms with Gasteiger partial charge in [0.15, 0.2) is 0 Å². The normalized spacial score (nSPS) is 22.7. The molecule has 0 bridgehead atoms. The highest BCUT2D eigenvalue weighted by Crippen LogP contribution is 2.30. The van der Waals surface area contributed by atoms with Crippen molar-refractivity contribution in [2.75, 3.05) is 18.6 Å². The molecule has 2 N–H and O–H groups in total. The first-order valence-corrected chi connectivity index (χ1v) is 9.39. The summed E-state index contributed by atoms with van der Waals surface area (Å²) in [6.45, 7) is 4.32. The van der Waals surface area contributed by atoms with Crippen LogP contribution in [0, 0.1) is 5.92 Å². The molecule has 1 aromatic rings. The van der Waals surface area contributed by atoms with Crippen molar-refractivity contribution >= 4 is 15.8 Å². The standard InChI is InChI=1S/C16H23NO4S/c1-16(2,10-22(3,20)21)13-6-4-11(5-7-13)14-8-12(9-17-14)15(18)19/h4-7,12,14,17H,8-10H2,1-3H3,(H,18,19). The van der Waals surface area contributed by atoms with E-state index < -0.39 is 21.2 Å². The molecule has 5 nitrogen and oxygen atoms in total. The Balaban J connectivity index is 2.12. The van der Waals surface area contributed by atoms with E-state index in [0.717, 1.165) is 11.1 Å². The zero-order chi connectivity index (χ0) is 16.5. The number of rotatable bonds is 5.